The summed E-state index contributed by atoms with van der Waals surface area (Å²) in [7, 11) is 1.76. The molecule has 6 nitrogen and oxygen atoms in total. The van der Waals surface area contributed by atoms with Crippen LogP contribution < -0.4 is 4.90 Å². The van der Waals surface area contributed by atoms with Gasteiger partial charge in [0.1, 0.15) is 6.54 Å². The van der Waals surface area contributed by atoms with Crippen LogP contribution >= 0.6 is 0 Å². The molecule has 1 amide bonds. The lowest BCUT2D eigenvalue weighted by atomic mass is 10.1. The van der Waals surface area contributed by atoms with Gasteiger partial charge in [-0.2, -0.15) is 0 Å². The van der Waals surface area contributed by atoms with Gasteiger partial charge in [-0.3, -0.25) is 9.59 Å². The number of hydrogen-bond donors (Lipinski definition) is 1. The van der Waals surface area contributed by atoms with Crippen LogP contribution in [0, 0.1) is 0 Å². The highest BCUT2D eigenvalue weighted by atomic mass is 16.4. The number of rotatable bonds is 3. The van der Waals surface area contributed by atoms with Crippen LogP contribution in [0.3, 0.4) is 0 Å². The van der Waals surface area contributed by atoms with Crippen LogP contribution in [-0.2, 0) is 22.6 Å². The lowest BCUT2D eigenvalue weighted by Crippen LogP contribution is -2.20. The van der Waals surface area contributed by atoms with Gasteiger partial charge in [-0.25, -0.2) is 4.98 Å². The number of hydrogen-bond acceptors (Lipinski definition) is 3. The van der Waals surface area contributed by atoms with Crippen molar-refractivity contribution in [3.63, 3.8) is 0 Å². The highest BCUT2D eigenvalue weighted by Crippen LogP contribution is 2.31. The molecule has 0 spiro atoms. The summed E-state index contributed by atoms with van der Waals surface area (Å²) in [5.41, 5.74) is 3.48. The third-order valence-corrected chi connectivity index (χ3v) is 3.40. The lowest BCUT2D eigenvalue weighted by molar-refractivity contribution is -0.137. The summed E-state index contributed by atoms with van der Waals surface area (Å²) in [6.45, 7) is -0.112. The van der Waals surface area contributed by atoms with Crippen LogP contribution in [0.5, 0.6) is 0 Å². The second kappa shape index (κ2) is 4.48. The van der Waals surface area contributed by atoms with Crippen molar-refractivity contribution in [3.05, 3.63) is 36.3 Å². The van der Waals surface area contributed by atoms with Gasteiger partial charge >= 0.3 is 5.97 Å². The summed E-state index contributed by atoms with van der Waals surface area (Å²) in [6, 6.07) is 5.72. The molecular weight excluding hydrogens is 258 g/mol. The minimum atomic E-state index is -0.907. The van der Waals surface area contributed by atoms with Crippen LogP contribution in [0.4, 0.5) is 5.69 Å². The minimum Gasteiger partial charge on any atom is -0.480 e. The quantitative estimate of drug-likeness (QED) is 0.908. The standard InChI is InChI=1S/C14H13N3O3/c1-16-12-3-2-9(4-10(12)5-13(16)18)11-6-17(8-15-11)7-14(19)20/h2-4,6,8H,5,7H2,1H3,(H,19,20). The van der Waals surface area contributed by atoms with Crippen molar-refractivity contribution in [1.29, 1.82) is 0 Å². The molecule has 1 aliphatic rings. The fourth-order valence-electron chi connectivity index (χ4n) is 2.38. The van der Waals surface area contributed by atoms with Gasteiger partial charge < -0.3 is 14.6 Å². The number of nitrogens with zero attached hydrogens (tertiary/aromatic N) is 3. The third-order valence-electron chi connectivity index (χ3n) is 3.40. The first kappa shape index (κ1) is 12.4. The van der Waals surface area contributed by atoms with Crippen LogP contribution in [0.2, 0.25) is 0 Å². The maximum absolute atomic E-state index is 11.6. The molecule has 0 saturated heterocycles. The summed E-state index contributed by atoms with van der Waals surface area (Å²) in [5.74, 6) is -0.830. The first-order chi connectivity index (χ1) is 9.54. The zero-order chi connectivity index (χ0) is 14.3. The number of fused-ring (bicyclic) bond motifs is 1. The Labute approximate surface area is 115 Å². The van der Waals surface area contributed by atoms with E-state index in [2.05, 4.69) is 4.98 Å². The topological polar surface area (TPSA) is 75.4 Å². The molecule has 3 rings (SSSR count). The van der Waals surface area contributed by atoms with Crippen molar-refractivity contribution in [1.82, 2.24) is 9.55 Å². The van der Waals surface area contributed by atoms with Gasteiger partial charge in [-0.05, 0) is 17.7 Å². The third kappa shape index (κ3) is 2.05. The summed E-state index contributed by atoms with van der Waals surface area (Å²) in [4.78, 5) is 28.1. The number of carbonyl (C=O) groups excluding carboxylic acids is 1. The summed E-state index contributed by atoms with van der Waals surface area (Å²) < 4.78 is 1.52. The van der Waals surface area contributed by atoms with Crippen LogP contribution in [0.15, 0.2) is 30.7 Å². The average molecular weight is 271 g/mol. The zero-order valence-corrected chi connectivity index (χ0v) is 10.9. The minimum absolute atomic E-state index is 0.0774. The number of carbonyl (C=O) groups is 2. The van der Waals surface area contributed by atoms with E-state index in [0.717, 1.165) is 16.8 Å². The highest BCUT2D eigenvalue weighted by Gasteiger charge is 2.24. The number of benzene rings is 1. The Kier molecular flexibility index (Phi) is 2.78. The number of aromatic nitrogens is 2. The van der Waals surface area contributed by atoms with Gasteiger partial charge in [-0.15, -0.1) is 0 Å². The molecule has 1 aliphatic heterocycles. The predicted molar refractivity (Wildman–Crippen MR) is 72.4 cm³/mol. The molecule has 20 heavy (non-hydrogen) atoms. The molecule has 102 valence electrons. The van der Waals surface area contributed by atoms with E-state index in [0.29, 0.717) is 12.1 Å². The van der Waals surface area contributed by atoms with E-state index in [4.69, 9.17) is 5.11 Å². The SMILES string of the molecule is CN1C(=O)Cc2cc(-c3cn(CC(=O)O)cn3)ccc21. The van der Waals surface area contributed by atoms with Crippen molar-refractivity contribution in [2.45, 2.75) is 13.0 Å². The molecule has 1 N–H and O–H groups in total. The molecule has 0 radical (unpaired) electrons. The fourth-order valence-corrected chi connectivity index (χ4v) is 2.38. The van der Waals surface area contributed by atoms with E-state index in [9.17, 15) is 9.59 Å². The Hall–Kier alpha value is -2.63. The van der Waals surface area contributed by atoms with E-state index < -0.39 is 5.97 Å². The summed E-state index contributed by atoms with van der Waals surface area (Å²) in [5, 5.41) is 8.74. The predicted octanol–water partition coefficient (Wildman–Crippen LogP) is 1.15. The normalized spacial score (nSPS) is 13.7. The van der Waals surface area contributed by atoms with Crippen molar-refractivity contribution in [3.8, 4) is 11.3 Å². The maximum Gasteiger partial charge on any atom is 0.323 e. The molecule has 1 aromatic heterocycles. The van der Waals surface area contributed by atoms with Gasteiger partial charge in [-0.1, -0.05) is 6.07 Å². The fraction of sp³-hybridized carbons (Fsp3) is 0.214. The molecule has 0 saturated carbocycles. The van der Waals surface area contributed by atoms with Crippen LogP contribution in [0.25, 0.3) is 11.3 Å². The van der Waals surface area contributed by atoms with Crippen molar-refractivity contribution >= 4 is 17.6 Å². The molecule has 2 heterocycles. The van der Waals surface area contributed by atoms with Gasteiger partial charge in [0, 0.05) is 24.5 Å². The van der Waals surface area contributed by atoms with Gasteiger partial charge in [0.05, 0.1) is 18.4 Å². The number of amides is 1. The Morgan fingerprint density at radius 3 is 3.00 bits per heavy atom. The van der Waals surface area contributed by atoms with Gasteiger partial charge in [0.15, 0.2) is 0 Å². The molecule has 2 aromatic rings. The Morgan fingerprint density at radius 1 is 1.45 bits per heavy atom. The van der Waals surface area contributed by atoms with Crippen molar-refractivity contribution in [2.75, 3.05) is 11.9 Å². The van der Waals surface area contributed by atoms with E-state index >= 15 is 0 Å². The zero-order valence-electron chi connectivity index (χ0n) is 10.9. The lowest BCUT2D eigenvalue weighted by Gasteiger charge is -2.09. The van der Waals surface area contributed by atoms with Crippen LogP contribution in [0.1, 0.15) is 5.56 Å². The molecule has 0 fully saturated rings. The number of aliphatic carboxylic acids is 1. The van der Waals surface area contributed by atoms with E-state index in [1.54, 1.807) is 18.1 Å². The average Bonchev–Trinajstić information content (AvgIpc) is 2.95. The molecule has 0 unspecified atom stereocenters. The molecule has 0 aliphatic carbocycles. The largest absolute Gasteiger partial charge is 0.480 e. The molecule has 6 heteroatoms. The second-order valence-corrected chi connectivity index (χ2v) is 4.80. The van der Waals surface area contributed by atoms with Gasteiger partial charge in [0.2, 0.25) is 5.91 Å². The maximum atomic E-state index is 11.6. The summed E-state index contributed by atoms with van der Waals surface area (Å²) in [6.07, 6.45) is 3.58. The van der Waals surface area contributed by atoms with Crippen molar-refractivity contribution in [2.24, 2.45) is 0 Å². The first-order valence-electron chi connectivity index (χ1n) is 6.18. The van der Waals surface area contributed by atoms with E-state index in [1.165, 1.54) is 10.9 Å². The van der Waals surface area contributed by atoms with E-state index in [-0.39, 0.29) is 12.5 Å². The Bertz CT molecular complexity index is 705. The van der Waals surface area contributed by atoms with E-state index in [1.807, 2.05) is 18.2 Å². The molecule has 1 aromatic carbocycles. The first-order valence-corrected chi connectivity index (χ1v) is 6.18. The highest BCUT2D eigenvalue weighted by molar-refractivity contribution is 6.01. The number of likely N-dealkylation sites (N-methyl/N-ethyl adjacent to an activating group) is 1. The van der Waals surface area contributed by atoms with Crippen LogP contribution in [-0.4, -0.2) is 33.6 Å². The number of anilines is 1. The Balaban J connectivity index is 1.92. The Morgan fingerprint density at radius 2 is 2.25 bits per heavy atom. The number of carboxylic acids is 1. The number of carboxylic acid groups (broad SMARTS) is 1. The van der Waals surface area contributed by atoms with Gasteiger partial charge in [0.25, 0.3) is 0 Å². The second-order valence-electron chi connectivity index (χ2n) is 4.80. The molecular formula is C14H13N3O3. The monoisotopic (exact) mass is 271 g/mol. The van der Waals surface area contributed by atoms with Crippen molar-refractivity contribution < 1.29 is 14.7 Å². The smallest absolute Gasteiger partial charge is 0.323 e. The number of imidazole rings is 1. The summed E-state index contributed by atoms with van der Waals surface area (Å²) >= 11 is 0. The molecule has 0 atom stereocenters. The molecule has 0 bridgehead atoms.